The number of amides is 1. The molecule has 0 aromatic heterocycles. The van der Waals surface area contributed by atoms with E-state index in [4.69, 9.17) is 10.5 Å². The van der Waals surface area contributed by atoms with E-state index in [1.165, 1.54) is 5.56 Å². The van der Waals surface area contributed by atoms with Crippen molar-refractivity contribution in [2.45, 2.75) is 39.2 Å². The largest absolute Gasteiger partial charge is 0.497 e. The van der Waals surface area contributed by atoms with Crippen LogP contribution in [0.3, 0.4) is 0 Å². The molecule has 4 heteroatoms. The van der Waals surface area contributed by atoms with Gasteiger partial charge in [0.1, 0.15) is 5.75 Å². The molecule has 0 spiro atoms. The molecule has 4 nitrogen and oxygen atoms in total. The van der Waals surface area contributed by atoms with Crippen LogP contribution in [0.1, 0.15) is 32.3 Å². The Morgan fingerprint density at radius 1 is 1.35 bits per heavy atom. The van der Waals surface area contributed by atoms with E-state index in [0.717, 1.165) is 25.0 Å². The topological polar surface area (TPSA) is 64.4 Å². The zero-order valence-electron chi connectivity index (χ0n) is 12.7. The van der Waals surface area contributed by atoms with Gasteiger partial charge in [-0.05, 0) is 36.5 Å². The molecule has 0 bridgehead atoms. The minimum atomic E-state index is -0.402. The lowest BCUT2D eigenvalue weighted by molar-refractivity contribution is -0.123. The molecular weight excluding hydrogens is 252 g/mol. The molecular formula is C16H26N2O2. The van der Waals surface area contributed by atoms with Gasteiger partial charge >= 0.3 is 0 Å². The summed E-state index contributed by atoms with van der Waals surface area (Å²) in [5.74, 6) is 1.03. The van der Waals surface area contributed by atoms with Crippen molar-refractivity contribution in [2.24, 2.45) is 11.7 Å². The Labute approximate surface area is 121 Å². The fraction of sp³-hybridized carbons (Fsp3) is 0.562. The first kappa shape index (κ1) is 16.5. The highest BCUT2D eigenvalue weighted by molar-refractivity contribution is 5.81. The van der Waals surface area contributed by atoms with Gasteiger partial charge in [-0.3, -0.25) is 4.79 Å². The summed E-state index contributed by atoms with van der Waals surface area (Å²) in [5, 5.41) is 2.90. The molecule has 1 rings (SSSR count). The van der Waals surface area contributed by atoms with Crippen LogP contribution in [0.15, 0.2) is 24.3 Å². The fourth-order valence-corrected chi connectivity index (χ4v) is 1.93. The third-order valence-corrected chi connectivity index (χ3v) is 3.66. The SMILES string of the molecule is CCC(C)C(N)C(=O)NCCCc1ccc(OC)cc1. The van der Waals surface area contributed by atoms with Crippen LogP contribution >= 0.6 is 0 Å². The second-order valence-electron chi connectivity index (χ2n) is 5.15. The van der Waals surface area contributed by atoms with Gasteiger partial charge in [0, 0.05) is 6.54 Å². The average Bonchev–Trinajstić information content (AvgIpc) is 2.50. The van der Waals surface area contributed by atoms with Gasteiger partial charge in [-0.25, -0.2) is 0 Å². The minimum Gasteiger partial charge on any atom is -0.497 e. The monoisotopic (exact) mass is 278 g/mol. The van der Waals surface area contributed by atoms with E-state index >= 15 is 0 Å². The number of methoxy groups -OCH3 is 1. The summed E-state index contributed by atoms with van der Waals surface area (Å²) in [6.45, 7) is 4.71. The van der Waals surface area contributed by atoms with Crippen molar-refractivity contribution >= 4 is 5.91 Å². The smallest absolute Gasteiger partial charge is 0.237 e. The lowest BCUT2D eigenvalue weighted by Gasteiger charge is -2.17. The Morgan fingerprint density at radius 2 is 2.00 bits per heavy atom. The molecule has 0 radical (unpaired) electrons. The summed E-state index contributed by atoms with van der Waals surface area (Å²) in [6.07, 6.45) is 2.76. The van der Waals surface area contributed by atoms with Gasteiger partial charge in [-0.2, -0.15) is 0 Å². The number of ether oxygens (including phenoxy) is 1. The highest BCUT2D eigenvalue weighted by atomic mass is 16.5. The standard InChI is InChI=1S/C16H26N2O2/c1-4-12(2)15(17)16(19)18-11-5-6-13-7-9-14(20-3)10-8-13/h7-10,12,15H,4-6,11,17H2,1-3H3,(H,18,19). The van der Waals surface area contributed by atoms with Crippen LogP contribution in [-0.4, -0.2) is 25.6 Å². The molecule has 2 unspecified atom stereocenters. The molecule has 0 aliphatic heterocycles. The van der Waals surface area contributed by atoms with Gasteiger partial charge in [0.25, 0.3) is 0 Å². The molecule has 3 N–H and O–H groups in total. The molecule has 0 saturated carbocycles. The van der Waals surface area contributed by atoms with Crippen molar-refractivity contribution in [1.82, 2.24) is 5.32 Å². The van der Waals surface area contributed by atoms with Crippen molar-refractivity contribution < 1.29 is 9.53 Å². The Hall–Kier alpha value is -1.55. The van der Waals surface area contributed by atoms with Crippen molar-refractivity contribution in [3.8, 4) is 5.75 Å². The third kappa shape index (κ3) is 5.21. The second-order valence-corrected chi connectivity index (χ2v) is 5.15. The van der Waals surface area contributed by atoms with Crippen LogP contribution < -0.4 is 15.8 Å². The molecule has 1 aromatic carbocycles. The summed E-state index contributed by atoms with van der Waals surface area (Å²) in [7, 11) is 1.66. The Morgan fingerprint density at radius 3 is 2.55 bits per heavy atom. The van der Waals surface area contributed by atoms with Crippen molar-refractivity contribution in [1.29, 1.82) is 0 Å². The van der Waals surface area contributed by atoms with E-state index in [1.807, 2.05) is 38.1 Å². The maximum absolute atomic E-state index is 11.8. The maximum atomic E-state index is 11.8. The first-order valence-electron chi connectivity index (χ1n) is 7.24. The number of hydrogen-bond acceptors (Lipinski definition) is 3. The summed E-state index contributed by atoms with van der Waals surface area (Å²) in [6, 6.07) is 7.59. The number of benzene rings is 1. The summed E-state index contributed by atoms with van der Waals surface area (Å²) in [5.41, 5.74) is 7.11. The van der Waals surface area contributed by atoms with Gasteiger partial charge in [0.05, 0.1) is 13.2 Å². The third-order valence-electron chi connectivity index (χ3n) is 3.66. The van der Waals surface area contributed by atoms with Crippen LogP contribution in [-0.2, 0) is 11.2 Å². The molecule has 20 heavy (non-hydrogen) atoms. The number of aryl methyl sites for hydroxylation is 1. The molecule has 1 aromatic rings. The van der Waals surface area contributed by atoms with E-state index in [2.05, 4.69) is 5.32 Å². The van der Waals surface area contributed by atoms with Crippen molar-refractivity contribution in [3.63, 3.8) is 0 Å². The Balaban J connectivity index is 2.25. The van der Waals surface area contributed by atoms with E-state index in [9.17, 15) is 4.79 Å². The van der Waals surface area contributed by atoms with Crippen LogP contribution in [0.4, 0.5) is 0 Å². The molecule has 0 heterocycles. The molecule has 0 saturated heterocycles. The van der Waals surface area contributed by atoms with Crippen molar-refractivity contribution in [3.05, 3.63) is 29.8 Å². The highest BCUT2D eigenvalue weighted by Crippen LogP contribution is 2.12. The van der Waals surface area contributed by atoms with Gasteiger partial charge in [0.15, 0.2) is 0 Å². The maximum Gasteiger partial charge on any atom is 0.237 e. The van der Waals surface area contributed by atoms with E-state index in [0.29, 0.717) is 6.54 Å². The van der Waals surface area contributed by atoms with Crippen molar-refractivity contribution in [2.75, 3.05) is 13.7 Å². The highest BCUT2D eigenvalue weighted by Gasteiger charge is 2.18. The van der Waals surface area contributed by atoms with Gasteiger partial charge in [0.2, 0.25) is 5.91 Å². The molecule has 112 valence electrons. The first-order valence-corrected chi connectivity index (χ1v) is 7.24. The Bertz CT molecular complexity index is 403. The number of nitrogens with two attached hydrogens (primary N) is 1. The molecule has 1 amide bonds. The quantitative estimate of drug-likeness (QED) is 0.716. The normalized spacial score (nSPS) is 13.6. The number of nitrogens with one attached hydrogen (secondary N) is 1. The lowest BCUT2D eigenvalue weighted by Crippen LogP contribution is -2.44. The fourth-order valence-electron chi connectivity index (χ4n) is 1.93. The minimum absolute atomic E-state index is 0.0471. The zero-order chi connectivity index (χ0) is 15.0. The number of hydrogen-bond donors (Lipinski definition) is 2. The average molecular weight is 278 g/mol. The van der Waals surface area contributed by atoms with Crippen LogP contribution in [0.5, 0.6) is 5.75 Å². The summed E-state index contributed by atoms with van der Waals surface area (Å²) >= 11 is 0. The molecule has 0 aliphatic carbocycles. The number of carbonyl (C=O) groups excluding carboxylic acids is 1. The lowest BCUT2D eigenvalue weighted by atomic mass is 9.99. The molecule has 0 aliphatic rings. The predicted molar refractivity (Wildman–Crippen MR) is 81.8 cm³/mol. The zero-order valence-corrected chi connectivity index (χ0v) is 12.7. The molecule has 0 fully saturated rings. The number of carbonyl (C=O) groups is 1. The second kappa shape index (κ2) is 8.59. The Kier molecular flexibility index (Phi) is 7.09. The van der Waals surface area contributed by atoms with Gasteiger partial charge in [-0.15, -0.1) is 0 Å². The van der Waals surface area contributed by atoms with Crippen LogP contribution in [0.2, 0.25) is 0 Å². The summed E-state index contributed by atoms with van der Waals surface area (Å²) in [4.78, 5) is 11.8. The number of rotatable bonds is 8. The van der Waals surface area contributed by atoms with Crippen LogP contribution in [0, 0.1) is 5.92 Å². The van der Waals surface area contributed by atoms with E-state index in [1.54, 1.807) is 7.11 Å². The first-order chi connectivity index (χ1) is 9.58. The van der Waals surface area contributed by atoms with Gasteiger partial charge in [-0.1, -0.05) is 32.4 Å². The van der Waals surface area contributed by atoms with Gasteiger partial charge < -0.3 is 15.8 Å². The van der Waals surface area contributed by atoms with E-state index in [-0.39, 0.29) is 11.8 Å². The molecule has 2 atom stereocenters. The van der Waals surface area contributed by atoms with E-state index < -0.39 is 6.04 Å². The predicted octanol–water partition coefficient (Wildman–Crippen LogP) is 2.12. The van der Waals surface area contributed by atoms with Crippen LogP contribution in [0.25, 0.3) is 0 Å². The summed E-state index contributed by atoms with van der Waals surface area (Å²) < 4.78 is 5.11.